The first-order valence-corrected chi connectivity index (χ1v) is 4.88. The lowest BCUT2D eigenvalue weighted by Crippen LogP contribution is -2.11. The van der Waals surface area contributed by atoms with E-state index in [-0.39, 0.29) is 36.7 Å². The highest BCUT2D eigenvalue weighted by Gasteiger charge is 2.15. The van der Waals surface area contributed by atoms with Gasteiger partial charge in [-0.2, -0.15) is 0 Å². The Morgan fingerprint density at radius 3 is 2.41 bits per heavy atom. The molecule has 4 nitrogen and oxygen atoms in total. The van der Waals surface area contributed by atoms with Crippen molar-refractivity contribution in [3.8, 4) is 0 Å². The van der Waals surface area contributed by atoms with Crippen molar-refractivity contribution < 1.29 is 9.53 Å². The van der Waals surface area contributed by atoms with Crippen LogP contribution in [0.25, 0.3) is 0 Å². The molecule has 0 saturated carbocycles. The molecule has 0 spiro atoms. The zero-order valence-corrected chi connectivity index (χ0v) is 11.7. The summed E-state index contributed by atoms with van der Waals surface area (Å²) in [6.45, 7) is 4.34. The van der Waals surface area contributed by atoms with Crippen molar-refractivity contribution in [1.29, 1.82) is 0 Å². The number of pyridine rings is 1. The second-order valence-electron chi connectivity index (χ2n) is 3.59. The van der Waals surface area contributed by atoms with Crippen molar-refractivity contribution in [1.82, 2.24) is 4.98 Å². The van der Waals surface area contributed by atoms with Crippen LogP contribution in [0.15, 0.2) is 12.1 Å². The summed E-state index contributed by atoms with van der Waals surface area (Å²) in [5.74, 6) is -0.180. The molecule has 0 aliphatic rings. The summed E-state index contributed by atoms with van der Waals surface area (Å²) in [5, 5.41) is 0. The summed E-state index contributed by atoms with van der Waals surface area (Å²) in [6.07, 6.45) is 0. The minimum absolute atomic E-state index is 0. The molecule has 0 fully saturated rings. The molecule has 2 N–H and O–H groups in total. The third-order valence-electron chi connectivity index (χ3n) is 2.14. The van der Waals surface area contributed by atoms with Gasteiger partial charge in [0.05, 0.1) is 24.1 Å². The number of carbonyl (C=O) groups is 1. The molecule has 6 heteroatoms. The Bertz CT molecular complexity index is 370. The number of aromatic nitrogens is 1. The van der Waals surface area contributed by atoms with Crippen LogP contribution in [0.1, 0.15) is 41.5 Å². The summed E-state index contributed by atoms with van der Waals surface area (Å²) < 4.78 is 4.69. The molecule has 1 aromatic rings. The van der Waals surface area contributed by atoms with Crippen molar-refractivity contribution in [2.24, 2.45) is 5.73 Å². The van der Waals surface area contributed by atoms with Crippen LogP contribution in [0, 0.1) is 0 Å². The largest absolute Gasteiger partial charge is 0.465 e. The van der Waals surface area contributed by atoms with E-state index in [4.69, 9.17) is 10.5 Å². The Balaban J connectivity index is 0. The maximum Gasteiger partial charge on any atom is 0.339 e. The first kappa shape index (κ1) is 18.5. The van der Waals surface area contributed by atoms with Gasteiger partial charge in [-0.25, -0.2) is 4.79 Å². The van der Waals surface area contributed by atoms with Gasteiger partial charge in [0.1, 0.15) is 0 Å². The molecule has 0 saturated heterocycles. The van der Waals surface area contributed by atoms with Gasteiger partial charge in [0.25, 0.3) is 0 Å². The average Bonchev–Trinajstić information content (AvgIpc) is 2.27. The molecule has 0 atom stereocenters. The van der Waals surface area contributed by atoms with Gasteiger partial charge in [0.2, 0.25) is 0 Å². The topological polar surface area (TPSA) is 65.2 Å². The van der Waals surface area contributed by atoms with Gasteiger partial charge >= 0.3 is 5.97 Å². The highest BCUT2D eigenvalue weighted by Crippen LogP contribution is 2.18. The van der Waals surface area contributed by atoms with Gasteiger partial charge < -0.3 is 10.5 Å². The minimum Gasteiger partial charge on any atom is -0.465 e. The molecule has 0 bridgehead atoms. The lowest BCUT2D eigenvalue weighted by Gasteiger charge is -2.11. The van der Waals surface area contributed by atoms with Crippen LogP contribution < -0.4 is 5.73 Å². The molecular weight excluding hydrogens is 263 g/mol. The molecule has 1 heterocycles. The zero-order chi connectivity index (χ0) is 11.4. The summed E-state index contributed by atoms with van der Waals surface area (Å²) in [5.41, 5.74) is 7.54. The second kappa shape index (κ2) is 8.28. The zero-order valence-electron chi connectivity index (χ0n) is 10.1. The summed E-state index contributed by atoms with van der Waals surface area (Å²) in [4.78, 5) is 15.8. The fourth-order valence-electron chi connectivity index (χ4n) is 1.35. The van der Waals surface area contributed by atoms with Crippen molar-refractivity contribution in [2.45, 2.75) is 26.3 Å². The fraction of sp³-hybridized carbons (Fsp3) is 0.455. The monoisotopic (exact) mass is 280 g/mol. The Morgan fingerprint density at radius 1 is 1.41 bits per heavy atom. The van der Waals surface area contributed by atoms with Crippen LogP contribution in [0.5, 0.6) is 0 Å². The molecule has 98 valence electrons. The number of nitrogens with two attached hydrogens (primary N) is 1. The number of ether oxygens (including phenoxy) is 1. The second-order valence-corrected chi connectivity index (χ2v) is 3.59. The maximum absolute atomic E-state index is 11.4. The Morgan fingerprint density at radius 2 is 2.00 bits per heavy atom. The van der Waals surface area contributed by atoms with Gasteiger partial charge in [-0.1, -0.05) is 13.8 Å². The first-order chi connectivity index (χ1) is 7.10. The van der Waals surface area contributed by atoms with E-state index in [9.17, 15) is 4.79 Å². The highest BCUT2D eigenvalue weighted by molar-refractivity contribution is 5.90. The van der Waals surface area contributed by atoms with E-state index in [1.165, 1.54) is 7.11 Å². The number of hydrogen-bond acceptors (Lipinski definition) is 4. The maximum atomic E-state index is 11.4. The van der Waals surface area contributed by atoms with Gasteiger partial charge in [0.15, 0.2) is 0 Å². The predicted octanol–water partition coefficient (Wildman–Crippen LogP) is 2.29. The fourth-order valence-corrected chi connectivity index (χ4v) is 1.35. The smallest absolute Gasteiger partial charge is 0.339 e. The van der Waals surface area contributed by atoms with Gasteiger partial charge in [-0.15, -0.1) is 24.8 Å². The molecule has 0 unspecified atom stereocenters. The third-order valence-corrected chi connectivity index (χ3v) is 2.14. The van der Waals surface area contributed by atoms with E-state index < -0.39 is 0 Å². The van der Waals surface area contributed by atoms with E-state index in [1.807, 2.05) is 13.8 Å². The van der Waals surface area contributed by atoms with Crippen molar-refractivity contribution in [3.05, 3.63) is 29.1 Å². The highest BCUT2D eigenvalue weighted by atomic mass is 35.5. The quantitative estimate of drug-likeness (QED) is 0.863. The lowest BCUT2D eigenvalue weighted by atomic mass is 10.0. The van der Waals surface area contributed by atoms with E-state index in [0.717, 1.165) is 11.4 Å². The lowest BCUT2D eigenvalue weighted by molar-refractivity contribution is 0.0598. The van der Waals surface area contributed by atoms with Gasteiger partial charge in [-0.3, -0.25) is 4.98 Å². The van der Waals surface area contributed by atoms with Crippen LogP contribution in [0.2, 0.25) is 0 Å². The van der Waals surface area contributed by atoms with Gasteiger partial charge in [0, 0.05) is 6.54 Å². The standard InChI is InChI=1S/C11H16N2O2.2ClH/c1-7(2)10-9(11(14)15-3)5-4-8(6-12)13-10;;/h4-5,7H,6,12H2,1-3H3;2*1H. The summed E-state index contributed by atoms with van der Waals surface area (Å²) in [6, 6.07) is 3.47. The van der Waals surface area contributed by atoms with Crippen molar-refractivity contribution in [3.63, 3.8) is 0 Å². The normalized spacial score (nSPS) is 9.24. The number of halogens is 2. The number of carbonyl (C=O) groups excluding carboxylic acids is 1. The van der Waals surface area contributed by atoms with E-state index in [2.05, 4.69) is 4.98 Å². The SMILES string of the molecule is COC(=O)c1ccc(CN)nc1C(C)C.Cl.Cl. The van der Waals surface area contributed by atoms with Crippen LogP contribution in [0.3, 0.4) is 0 Å². The average molecular weight is 281 g/mol. The molecule has 1 aromatic heterocycles. The molecule has 0 amide bonds. The Hall–Kier alpha value is -0.840. The van der Waals surface area contributed by atoms with Crippen LogP contribution in [0.4, 0.5) is 0 Å². The van der Waals surface area contributed by atoms with Crippen molar-refractivity contribution >= 4 is 30.8 Å². The number of nitrogens with zero attached hydrogens (tertiary/aromatic N) is 1. The molecule has 0 aromatic carbocycles. The molecule has 0 radical (unpaired) electrons. The number of methoxy groups -OCH3 is 1. The van der Waals surface area contributed by atoms with Crippen molar-refractivity contribution in [2.75, 3.05) is 7.11 Å². The number of rotatable bonds is 3. The molecule has 1 rings (SSSR count). The van der Waals surface area contributed by atoms with E-state index in [0.29, 0.717) is 12.1 Å². The summed E-state index contributed by atoms with van der Waals surface area (Å²) >= 11 is 0. The first-order valence-electron chi connectivity index (χ1n) is 4.88. The Kier molecular flexibility index (Phi) is 9.02. The molecule has 0 aliphatic heterocycles. The number of esters is 1. The van der Waals surface area contributed by atoms with E-state index in [1.54, 1.807) is 12.1 Å². The third kappa shape index (κ3) is 4.50. The number of hydrogen-bond donors (Lipinski definition) is 1. The van der Waals surface area contributed by atoms with Gasteiger partial charge in [-0.05, 0) is 18.1 Å². The minimum atomic E-state index is -0.352. The van der Waals surface area contributed by atoms with E-state index >= 15 is 0 Å². The van der Waals surface area contributed by atoms with Crippen LogP contribution in [-0.2, 0) is 11.3 Å². The van der Waals surface area contributed by atoms with Crippen LogP contribution in [-0.4, -0.2) is 18.1 Å². The molecule has 17 heavy (non-hydrogen) atoms. The predicted molar refractivity (Wildman–Crippen MR) is 72.1 cm³/mol. The summed E-state index contributed by atoms with van der Waals surface area (Å²) in [7, 11) is 1.36. The Labute approximate surface area is 114 Å². The van der Waals surface area contributed by atoms with Crippen LogP contribution >= 0.6 is 24.8 Å². The molecular formula is C11H18Cl2N2O2. The molecule has 0 aliphatic carbocycles.